The minimum Gasteiger partial charge on any atom is -0.480 e. The number of nitrogens with one attached hydrogen (secondary N) is 1. The molecule has 2 N–H and O–H groups in total. The first kappa shape index (κ1) is 18.3. The lowest BCUT2D eigenvalue weighted by atomic mass is 10.0. The molecule has 1 aromatic heterocycles. The molecule has 0 saturated heterocycles. The van der Waals surface area contributed by atoms with Crippen molar-refractivity contribution in [3.8, 4) is 0 Å². The van der Waals surface area contributed by atoms with Crippen LogP contribution in [0, 0.1) is 6.92 Å². The summed E-state index contributed by atoms with van der Waals surface area (Å²) in [6.07, 6.45) is 1.39. The van der Waals surface area contributed by atoms with Crippen molar-refractivity contribution in [3.05, 3.63) is 53.5 Å². The summed E-state index contributed by atoms with van der Waals surface area (Å²) in [5.74, 6) is -1.85. The van der Waals surface area contributed by atoms with Crippen LogP contribution in [-0.4, -0.2) is 40.4 Å². The Morgan fingerprint density at radius 3 is 2.44 bits per heavy atom. The van der Waals surface area contributed by atoms with Crippen molar-refractivity contribution in [1.82, 2.24) is 4.90 Å². The Kier molecular flexibility index (Phi) is 4.97. The number of nitrogens with zero attached hydrogens (tertiary/aromatic N) is 1. The van der Waals surface area contributed by atoms with Gasteiger partial charge in [0.25, 0.3) is 11.8 Å². The van der Waals surface area contributed by atoms with E-state index in [-0.39, 0.29) is 11.3 Å². The average molecular weight is 344 g/mol. The van der Waals surface area contributed by atoms with Gasteiger partial charge in [-0.2, -0.15) is 0 Å². The second-order valence-electron chi connectivity index (χ2n) is 6.19. The SMILES string of the molecule is Cc1ccc(C(=O)N(C)C(C)(C)C(=O)O)cc1NC(=O)c1ccco1. The van der Waals surface area contributed by atoms with Crippen molar-refractivity contribution >= 4 is 23.5 Å². The molecule has 0 aliphatic rings. The van der Waals surface area contributed by atoms with Gasteiger partial charge in [0.15, 0.2) is 5.76 Å². The summed E-state index contributed by atoms with van der Waals surface area (Å²) in [5, 5.41) is 12.0. The number of hydrogen-bond acceptors (Lipinski definition) is 4. The van der Waals surface area contributed by atoms with E-state index < -0.39 is 23.3 Å². The van der Waals surface area contributed by atoms with Crippen molar-refractivity contribution in [2.45, 2.75) is 26.3 Å². The fourth-order valence-electron chi connectivity index (χ4n) is 2.07. The second-order valence-corrected chi connectivity index (χ2v) is 6.19. The Bertz CT molecular complexity index is 809. The fourth-order valence-corrected chi connectivity index (χ4v) is 2.07. The molecule has 7 heteroatoms. The summed E-state index contributed by atoms with van der Waals surface area (Å²) in [7, 11) is 1.43. The predicted molar refractivity (Wildman–Crippen MR) is 91.6 cm³/mol. The predicted octanol–water partition coefficient (Wildman–Crippen LogP) is 2.78. The molecule has 0 fully saturated rings. The number of likely N-dealkylation sites (N-methyl/N-ethyl adjacent to an activating group) is 1. The van der Waals surface area contributed by atoms with Crippen LogP contribution in [0.15, 0.2) is 41.0 Å². The van der Waals surface area contributed by atoms with Crippen molar-refractivity contribution in [2.24, 2.45) is 0 Å². The van der Waals surface area contributed by atoms with Gasteiger partial charge in [-0.25, -0.2) is 4.79 Å². The summed E-state index contributed by atoms with van der Waals surface area (Å²) in [4.78, 5) is 37.2. The minimum atomic E-state index is -1.36. The van der Waals surface area contributed by atoms with Crippen LogP contribution in [-0.2, 0) is 4.79 Å². The molecule has 0 saturated carbocycles. The van der Waals surface area contributed by atoms with Crippen LogP contribution in [0.4, 0.5) is 5.69 Å². The number of carboxylic acids is 1. The van der Waals surface area contributed by atoms with Crippen LogP contribution < -0.4 is 5.32 Å². The van der Waals surface area contributed by atoms with Crippen molar-refractivity contribution in [3.63, 3.8) is 0 Å². The summed E-state index contributed by atoms with van der Waals surface area (Å²) in [6, 6.07) is 7.93. The Balaban J connectivity index is 2.27. The zero-order valence-corrected chi connectivity index (χ0v) is 14.5. The van der Waals surface area contributed by atoms with E-state index >= 15 is 0 Å². The molecule has 0 bridgehead atoms. The zero-order valence-electron chi connectivity index (χ0n) is 14.5. The van der Waals surface area contributed by atoms with Crippen LogP contribution in [0.3, 0.4) is 0 Å². The van der Waals surface area contributed by atoms with Gasteiger partial charge in [0.1, 0.15) is 5.54 Å². The lowest BCUT2D eigenvalue weighted by molar-refractivity contribution is -0.147. The maximum Gasteiger partial charge on any atom is 0.329 e. The summed E-state index contributed by atoms with van der Waals surface area (Å²) in [5.41, 5.74) is 0.127. The summed E-state index contributed by atoms with van der Waals surface area (Å²) < 4.78 is 5.04. The number of carboxylic acid groups (broad SMARTS) is 1. The first-order chi connectivity index (χ1) is 11.6. The highest BCUT2D eigenvalue weighted by atomic mass is 16.4. The van der Waals surface area contributed by atoms with Crippen LogP contribution >= 0.6 is 0 Å². The van der Waals surface area contributed by atoms with Gasteiger partial charge in [-0.1, -0.05) is 6.07 Å². The van der Waals surface area contributed by atoms with Gasteiger partial charge < -0.3 is 19.7 Å². The van der Waals surface area contributed by atoms with Crippen molar-refractivity contribution in [1.29, 1.82) is 0 Å². The van der Waals surface area contributed by atoms with E-state index in [9.17, 15) is 19.5 Å². The quantitative estimate of drug-likeness (QED) is 0.869. The third-order valence-corrected chi connectivity index (χ3v) is 4.14. The molecule has 2 aromatic rings. The highest BCUT2D eigenvalue weighted by molar-refractivity contribution is 6.04. The number of hydrogen-bond donors (Lipinski definition) is 2. The third kappa shape index (κ3) is 3.71. The number of aryl methyl sites for hydroxylation is 1. The number of aliphatic carboxylic acids is 1. The molecular formula is C18H20N2O5. The number of benzene rings is 1. The van der Waals surface area contributed by atoms with Gasteiger partial charge in [0, 0.05) is 18.3 Å². The van der Waals surface area contributed by atoms with E-state index in [2.05, 4.69) is 5.32 Å². The Labute approximate surface area is 145 Å². The number of carbonyl (C=O) groups excluding carboxylic acids is 2. The number of furan rings is 1. The van der Waals surface area contributed by atoms with Gasteiger partial charge in [-0.05, 0) is 50.6 Å². The standard InChI is InChI=1S/C18H20N2O5/c1-11-7-8-12(16(22)20(4)18(2,3)17(23)24)10-13(11)19-15(21)14-6-5-9-25-14/h5-10H,1-4H3,(H,19,21)(H,23,24). The van der Waals surface area contributed by atoms with E-state index in [4.69, 9.17) is 4.42 Å². The van der Waals surface area contributed by atoms with Gasteiger partial charge in [0.2, 0.25) is 0 Å². The van der Waals surface area contributed by atoms with E-state index in [0.717, 1.165) is 10.5 Å². The van der Waals surface area contributed by atoms with Gasteiger partial charge >= 0.3 is 5.97 Å². The topological polar surface area (TPSA) is 99.9 Å². The van der Waals surface area contributed by atoms with Crippen LogP contribution in [0.25, 0.3) is 0 Å². The fraction of sp³-hybridized carbons (Fsp3) is 0.278. The molecule has 25 heavy (non-hydrogen) atoms. The van der Waals surface area contributed by atoms with E-state index in [1.54, 1.807) is 25.1 Å². The smallest absolute Gasteiger partial charge is 0.329 e. The molecule has 1 aromatic carbocycles. The molecule has 2 rings (SSSR count). The van der Waals surface area contributed by atoms with E-state index in [1.165, 1.54) is 39.3 Å². The van der Waals surface area contributed by atoms with Gasteiger partial charge in [-0.15, -0.1) is 0 Å². The highest BCUT2D eigenvalue weighted by Crippen LogP contribution is 2.22. The van der Waals surface area contributed by atoms with Gasteiger partial charge in [-0.3, -0.25) is 9.59 Å². The number of rotatable bonds is 5. The monoisotopic (exact) mass is 344 g/mol. The molecule has 7 nitrogen and oxygen atoms in total. The third-order valence-electron chi connectivity index (χ3n) is 4.14. The van der Waals surface area contributed by atoms with Crippen molar-refractivity contribution < 1.29 is 23.9 Å². The Morgan fingerprint density at radius 2 is 1.88 bits per heavy atom. The molecule has 132 valence electrons. The second kappa shape index (κ2) is 6.80. The first-order valence-electron chi connectivity index (χ1n) is 7.61. The lowest BCUT2D eigenvalue weighted by Crippen LogP contribution is -2.50. The lowest BCUT2D eigenvalue weighted by Gasteiger charge is -2.31. The van der Waals surface area contributed by atoms with E-state index in [0.29, 0.717) is 5.69 Å². The normalized spacial score (nSPS) is 11.0. The molecule has 0 aliphatic heterocycles. The number of carbonyl (C=O) groups is 3. The Hall–Kier alpha value is -3.09. The first-order valence-corrected chi connectivity index (χ1v) is 7.61. The number of amides is 2. The maximum absolute atomic E-state index is 12.6. The molecule has 1 heterocycles. The molecule has 0 spiro atoms. The number of anilines is 1. The molecule has 0 radical (unpaired) electrons. The molecule has 0 unspecified atom stereocenters. The van der Waals surface area contributed by atoms with E-state index in [1.807, 2.05) is 0 Å². The Morgan fingerprint density at radius 1 is 1.20 bits per heavy atom. The molecule has 2 amide bonds. The summed E-state index contributed by atoms with van der Waals surface area (Å²) in [6.45, 7) is 4.68. The van der Waals surface area contributed by atoms with Gasteiger partial charge in [0.05, 0.1) is 6.26 Å². The minimum absolute atomic E-state index is 0.153. The molecule has 0 atom stereocenters. The van der Waals surface area contributed by atoms with Crippen LogP contribution in [0.1, 0.15) is 40.3 Å². The summed E-state index contributed by atoms with van der Waals surface area (Å²) >= 11 is 0. The van der Waals surface area contributed by atoms with Crippen LogP contribution in [0.2, 0.25) is 0 Å². The zero-order chi connectivity index (χ0) is 18.8. The maximum atomic E-state index is 12.6. The molecule has 0 aliphatic carbocycles. The van der Waals surface area contributed by atoms with Crippen molar-refractivity contribution in [2.75, 3.05) is 12.4 Å². The largest absolute Gasteiger partial charge is 0.480 e. The average Bonchev–Trinajstić information content (AvgIpc) is 3.09. The highest BCUT2D eigenvalue weighted by Gasteiger charge is 2.35. The molecular weight excluding hydrogens is 324 g/mol. The van der Waals surface area contributed by atoms with Crippen LogP contribution in [0.5, 0.6) is 0 Å².